The third kappa shape index (κ3) is 0.908. The monoisotopic (exact) mass is 180 g/mol. The number of methoxy groups -OCH3 is 1. The zero-order chi connectivity index (χ0) is 9.80. The molecule has 1 heterocycles. The number of nitrogens with one attached hydrogen (secondary N) is 1. The van der Waals surface area contributed by atoms with E-state index in [1.54, 1.807) is 7.11 Å². The van der Waals surface area contributed by atoms with Crippen molar-refractivity contribution in [3.05, 3.63) is 12.2 Å². The van der Waals surface area contributed by atoms with Crippen molar-refractivity contribution < 1.29 is 4.74 Å². The fourth-order valence-electron chi connectivity index (χ4n) is 2.62. The molecule has 0 aromatic carbocycles. The number of hydrogen-bond donors (Lipinski definition) is 1. The van der Waals surface area contributed by atoms with Crippen molar-refractivity contribution in [2.75, 3.05) is 14.2 Å². The summed E-state index contributed by atoms with van der Waals surface area (Å²) in [5, 5.41) is 7.63. The van der Waals surface area contributed by atoms with Gasteiger partial charge in [0.25, 0.3) is 0 Å². The van der Waals surface area contributed by atoms with Gasteiger partial charge >= 0.3 is 0 Å². The Labute approximate surface area is 78.9 Å². The highest BCUT2D eigenvalue weighted by Crippen LogP contribution is 2.62. The van der Waals surface area contributed by atoms with Gasteiger partial charge in [-0.2, -0.15) is 0 Å². The van der Waals surface area contributed by atoms with Crippen LogP contribution in [0, 0.1) is 10.8 Å². The summed E-state index contributed by atoms with van der Waals surface area (Å²) in [5.41, 5.74) is 1.57. The van der Waals surface area contributed by atoms with Crippen molar-refractivity contribution >= 4 is 5.90 Å². The molecule has 0 aromatic heterocycles. The van der Waals surface area contributed by atoms with Gasteiger partial charge in [-0.1, -0.05) is 19.1 Å². The summed E-state index contributed by atoms with van der Waals surface area (Å²) in [4.78, 5) is 2.20. The van der Waals surface area contributed by atoms with E-state index in [4.69, 9.17) is 10.1 Å². The minimum absolute atomic E-state index is 0.158. The Balaban J connectivity index is 2.15. The molecule has 0 amide bonds. The molecule has 0 spiro atoms. The molecule has 1 saturated carbocycles. The Morgan fingerprint density at radius 3 is 2.77 bits per heavy atom. The lowest BCUT2D eigenvalue weighted by Gasteiger charge is -2.22. The standard InChI is InChI=1S/C10H16N2O/c1-6-8-10(6,2)5-7(12(8)3)9(11)13-4/h7-8,11H,1,5H2,2-4H3/t7-,8-,10+/m0/s1. The fraction of sp³-hybridized carbons (Fsp3) is 0.700. The molecule has 0 unspecified atom stereocenters. The largest absolute Gasteiger partial charge is 0.483 e. The van der Waals surface area contributed by atoms with Gasteiger partial charge in [0.15, 0.2) is 5.90 Å². The number of rotatable bonds is 1. The molecule has 0 radical (unpaired) electrons. The summed E-state index contributed by atoms with van der Waals surface area (Å²) in [6.45, 7) is 6.26. The predicted octanol–water partition coefficient (Wildman–Crippen LogP) is 1.26. The van der Waals surface area contributed by atoms with E-state index in [1.165, 1.54) is 5.57 Å². The van der Waals surface area contributed by atoms with Gasteiger partial charge in [-0.3, -0.25) is 10.3 Å². The van der Waals surface area contributed by atoms with Gasteiger partial charge in [0.05, 0.1) is 13.2 Å². The zero-order valence-corrected chi connectivity index (χ0v) is 8.42. The van der Waals surface area contributed by atoms with E-state index in [9.17, 15) is 0 Å². The van der Waals surface area contributed by atoms with Crippen LogP contribution in [0.2, 0.25) is 0 Å². The number of likely N-dealkylation sites (tertiary alicyclic amines) is 1. The molecule has 72 valence electrons. The van der Waals surface area contributed by atoms with Crippen LogP contribution in [0.5, 0.6) is 0 Å². The van der Waals surface area contributed by atoms with Gasteiger partial charge in [-0.15, -0.1) is 0 Å². The highest BCUT2D eigenvalue weighted by atomic mass is 16.5. The summed E-state index contributed by atoms with van der Waals surface area (Å²) in [7, 11) is 3.61. The van der Waals surface area contributed by atoms with Crippen LogP contribution in [0.1, 0.15) is 13.3 Å². The molecule has 2 aliphatic rings. The Hall–Kier alpha value is -0.830. The van der Waals surface area contributed by atoms with Crippen molar-refractivity contribution in [2.24, 2.45) is 5.41 Å². The van der Waals surface area contributed by atoms with Crippen LogP contribution >= 0.6 is 0 Å². The normalized spacial score (nSPS) is 43.2. The number of piperidine rings is 1. The number of nitrogens with zero attached hydrogens (tertiary/aromatic N) is 1. The van der Waals surface area contributed by atoms with Crippen LogP contribution < -0.4 is 0 Å². The molecular formula is C10H16N2O. The van der Waals surface area contributed by atoms with Crippen LogP contribution in [-0.2, 0) is 4.74 Å². The van der Waals surface area contributed by atoms with E-state index < -0.39 is 0 Å². The smallest absolute Gasteiger partial charge is 0.198 e. The molecular weight excluding hydrogens is 164 g/mol. The third-order valence-corrected chi connectivity index (χ3v) is 3.62. The molecule has 3 heteroatoms. The molecule has 1 N–H and O–H groups in total. The molecule has 1 saturated heterocycles. The lowest BCUT2D eigenvalue weighted by molar-refractivity contribution is 0.283. The van der Waals surface area contributed by atoms with Crippen molar-refractivity contribution in [1.82, 2.24) is 4.90 Å². The molecule has 1 aliphatic heterocycles. The Morgan fingerprint density at radius 1 is 1.77 bits per heavy atom. The fourth-order valence-corrected chi connectivity index (χ4v) is 2.62. The Kier molecular flexibility index (Phi) is 1.58. The number of likely N-dealkylation sites (N-methyl/N-ethyl adjacent to an activating group) is 1. The van der Waals surface area contributed by atoms with Crippen molar-refractivity contribution in [3.8, 4) is 0 Å². The number of ether oxygens (including phenoxy) is 1. The summed E-state index contributed by atoms with van der Waals surface area (Å²) in [6.07, 6.45) is 0.986. The summed E-state index contributed by atoms with van der Waals surface area (Å²) in [5.74, 6) is 0.378. The van der Waals surface area contributed by atoms with Gasteiger partial charge < -0.3 is 4.74 Å². The molecule has 1 aliphatic carbocycles. The molecule has 0 bridgehead atoms. The van der Waals surface area contributed by atoms with Crippen LogP contribution in [-0.4, -0.2) is 37.0 Å². The number of hydrogen-bond acceptors (Lipinski definition) is 3. The minimum atomic E-state index is 0.158. The highest BCUT2D eigenvalue weighted by Gasteiger charge is 2.64. The average molecular weight is 180 g/mol. The van der Waals surface area contributed by atoms with Crippen LogP contribution in [0.3, 0.4) is 0 Å². The summed E-state index contributed by atoms with van der Waals surface area (Å²) < 4.78 is 4.97. The molecule has 13 heavy (non-hydrogen) atoms. The Morgan fingerprint density at radius 2 is 2.38 bits per heavy atom. The summed E-state index contributed by atoms with van der Waals surface area (Å²) in [6, 6.07) is 0.637. The number of fused-ring (bicyclic) bond motifs is 1. The second-order valence-electron chi connectivity index (χ2n) is 4.30. The maximum absolute atomic E-state index is 7.63. The lowest BCUT2D eigenvalue weighted by atomic mass is 10.0. The highest BCUT2D eigenvalue weighted by molar-refractivity contribution is 5.80. The first-order valence-corrected chi connectivity index (χ1v) is 4.56. The van der Waals surface area contributed by atoms with E-state index in [1.807, 2.05) is 7.05 Å². The second kappa shape index (κ2) is 2.35. The topological polar surface area (TPSA) is 36.3 Å². The molecule has 3 atom stereocenters. The molecule has 3 nitrogen and oxygen atoms in total. The van der Waals surface area contributed by atoms with Gasteiger partial charge in [0.2, 0.25) is 0 Å². The predicted molar refractivity (Wildman–Crippen MR) is 51.9 cm³/mol. The van der Waals surface area contributed by atoms with Gasteiger partial charge in [-0.05, 0) is 13.5 Å². The Bertz CT molecular complexity index is 287. The van der Waals surface area contributed by atoms with Crippen LogP contribution in [0.4, 0.5) is 0 Å². The van der Waals surface area contributed by atoms with Crippen LogP contribution in [0.25, 0.3) is 0 Å². The first kappa shape index (κ1) is 8.75. The maximum Gasteiger partial charge on any atom is 0.198 e. The second-order valence-corrected chi connectivity index (χ2v) is 4.30. The first-order valence-electron chi connectivity index (χ1n) is 4.56. The SMILES string of the molecule is C=C1[C@@H]2N(C)[C@H](C(=N)OC)C[C@]12C. The van der Waals surface area contributed by atoms with Gasteiger partial charge in [0.1, 0.15) is 0 Å². The van der Waals surface area contributed by atoms with Crippen molar-refractivity contribution in [2.45, 2.75) is 25.4 Å². The van der Waals surface area contributed by atoms with Gasteiger partial charge in [-0.25, -0.2) is 0 Å². The summed E-state index contributed by atoms with van der Waals surface area (Å²) >= 11 is 0. The third-order valence-electron chi connectivity index (χ3n) is 3.62. The van der Waals surface area contributed by atoms with Gasteiger partial charge in [0, 0.05) is 11.5 Å². The minimum Gasteiger partial charge on any atom is -0.483 e. The van der Waals surface area contributed by atoms with Crippen LogP contribution in [0.15, 0.2) is 12.2 Å². The van der Waals surface area contributed by atoms with E-state index in [0.717, 1.165) is 6.42 Å². The lowest BCUT2D eigenvalue weighted by Crippen LogP contribution is -2.36. The molecule has 2 fully saturated rings. The molecule has 2 rings (SSSR count). The average Bonchev–Trinajstić information content (AvgIpc) is 2.48. The van der Waals surface area contributed by atoms with E-state index in [-0.39, 0.29) is 11.5 Å². The van der Waals surface area contributed by atoms with Crippen molar-refractivity contribution in [3.63, 3.8) is 0 Å². The van der Waals surface area contributed by atoms with Crippen molar-refractivity contribution in [1.29, 1.82) is 5.41 Å². The quantitative estimate of drug-likeness (QED) is 0.374. The van der Waals surface area contributed by atoms with E-state index in [0.29, 0.717) is 11.9 Å². The zero-order valence-electron chi connectivity index (χ0n) is 8.42. The van der Waals surface area contributed by atoms with E-state index >= 15 is 0 Å². The first-order chi connectivity index (χ1) is 6.02. The maximum atomic E-state index is 7.63. The molecule has 0 aromatic rings. The van der Waals surface area contributed by atoms with E-state index in [2.05, 4.69) is 18.4 Å².